The second-order valence-electron chi connectivity index (χ2n) is 8.15. The Labute approximate surface area is 216 Å². The fourth-order valence-corrected chi connectivity index (χ4v) is 4.14. The van der Waals surface area contributed by atoms with Crippen LogP contribution in [0.15, 0.2) is 53.5 Å². The standard InChI is InChI=1S/C26H38N4O2.HI/c1-5-27-26(28-19-21-12-13-24(31-4)25(18-21)32-6-2)29-23-14-16-30(17-15-23)20(3)22-10-8-7-9-11-22;/h7-13,18,20,23H,5-6,14-17,19H2,1-4H3,(H2,27,28,29);1H. The number of piperidine rings is 1. The Bertz CT molecular complexity index is 855. The smallest absolute Gasteiger partial charge is 0.191 e. The first-order valence-electron chi connectivity index (χ1n) is 11.8. The fourth-order valence-electron chi connectivity index (χ4n) is 4.14. The minimum atomic E-state index is 0. The molecule has 1 fully saturated rings. The van der Waals surface area contributed by atoms with Crippen LogP contribution in [-0.2, 0) is 6.54 Å². The second-order valence-corrected chi connectivity index (χ2v) is 8.15. The maximum absolute atomic E-state index is 5.70. The summed E-state index contributed by atoms with van der Waals surface area (Å²) >= 11 is 0. The summed E-state index contributed by atoms with van der Waals surface area (Å²) in [7, 11) is 1.66. The summed E-state index contributed by atoms with van der Waals surface area (Å²) in [6.07, 6.45) is 2.22. The van der Waals surface area contributed by atoms with Crippen molar-refractivity contribution in [2.45, 2.75) is 52.2 Å². The van der Waals surface area contributed by atoms with E-state index in [4.69, 9.17) is 14.5 Å². The molecule has 1 unspecified atom stereocenters. The molecule has 1 heterocycles. The molecular formula is C26H39IN4O2. The number of rotatable bonds is 9. The minimum Gasteiger partial charge on any atom is -0.493 e. The van der Waals surface area contributed by atoms with Crippen LogP contribution in [0, 0.1) is 0 Å². The van der Waals surface area contributed by atoms with Gasteiger partial charge >= 0.3 is 0 Å². The first-order valence-corrected chi connectivity index (χ1v) is 11.8. The van der Waals surface area contributed by atoms with Crippen molar-refractivity contribution in [3.8, 4) is 11.5 Å². The van der Waals surface area contributed by atoms with Gasteiger partial charge in [-0.05, 0) is 56.9 Å². The van der Waals surface area contributed by atoms with Crippen LogP contribution < -0.4 is 20.1 Å². The number of nitrogens with one attached hydrogen (secondary N) is 2. The molecule has 0 aliphatic carbocycles. The lowest BCUT2D eigenvalue weighted by atomic mass is 10.0. The first-order chi connectivity index (χ1) is 15.6. The summed E-state index contributed by atoms with van der Waals surface area (Å²) in [6, 6.07) is 17.7. The van der Waals surface area contributed by atoms with Crippen LogP contribution in [0.25, 0.3) is 0 Å². The van der Waals surface area contributed by atoms with Crippen LogP contribution in [0.3, 0.4) is 0 Å². The molecule has 0 spiro atoms. The lowest BCUT2D eigenvalue weighted by molar-refractivity contribution is 0.158. The average molecular weight is 567 g/mol. The van der Waals surface area contributed by atoms with Gasteiger partial charge in [-0.15, -0.1) is 24.0 Å². The van der Waals surface area contributed by atoms with Crippen LogP contribution in [-0.4, -0.2) is 50.3 Å². The van der Waals surface area contributed by atoms with Crippen molar-refractivity contribution in [2.75, 3.05) is 33.4 Å². The number of halogens is 1. The Morgan fingerprint density at radius 3 is 2.45 bits per heavy atom. The molecule has 0 saturated carbocycles. The zero-order valence-electron chi connectivity index (χ0n) is 20.3. The number of guanidine groups is 1. The molecule has 182 valence electrons. The van der Waals surface area contributed by atoms with Crippen LogP contribution in [0.4, 0.5) is 0 Å². The van der Waals surface area contributed by atoms with E-state index in [2.05, 4.69) is 59.7 Å². The van der Waals surface area contributed by atoms with Gasteiger partial charge in [-0.1, -0.05) is 36.4 Å². The van der Waals surface area contributed by atoms with Crippen molar-refractivity contribution < 1.29 is 9.47 Å². The maximum atomic E-state index is 5.70. The summed E-state index contributed by atoms with van der Waals surface area (Å²) in [4.78, 5) is 7.39. The summed E-state index contributed by atoms with van der Waals surface area (Å²) in [5, 5.41) is 7.04. The topological polar surface area (TPSA) is 58.1 Å². The van der Waals surface area contributed by atoms with E-state index in [1.807, 2.05) is 25.1 Å². The van der Waals surface area contributed by atoms with Gasteiger partial charge in [-0.2, -0.15) is 0 Å². The lowest BCUT2D eigenvalue weighted by Crippen LogP contribution is -2.49. The predicted molar refractivity (Wildman–Crippen MR) is 147 cm³/mol. The molecule has 2 aromatic carbocycles. The monoisotopic (exact) mass is 566 g/mol. The summed E-state index contributed by atoms with van der Waals surface area (Å²) in [6.45, 7) is 10.6. The largest absolute Gasteiger partial charge is 0.493 e. The molecule has 1 saturated heterocycles. The van der Waals surface area contributed by atoms with Gasteiger partial charge in [0.2, 0.25) is 0 Å². The van der Waals surface area contributed by atoms with Crippen molar-refractivity contribution >= 4 is 29.9 Å². The highest BCUT2D eigenvalue weighted by atomic mass is 127. The Kier molecular flexibility index (Phi) is 11.8. The lowest BCUT2D eigenvalue weighted by Gasteiger charge is -2.37. The van der Waals surface area contributed by atoms with E-state index in [0.29, 0.717) is 25.2 Å². The van der Waals surface area contributed by atoms with Gasteiger partial charge in [0.25, 0.3) is 0 Å². The van der Waals surface area contributed by atoms with E-state index in [1.165, 1.54) is 5.56 Å². The molecule has 6 nitrogen and oxygen atoms in total. The molecule has 1 aliphatic heterocycles. The number of benzene rings is 2. The quantitative estimate of drug-likeness (QED) is 0.255. The maximum Gasteiger partial charge on any atom is 0.191 e. The van der Waals surface area contributed by atoms with Crippen molar-refractivity contribution in [1.82, 2.24) is 15.5 Å². The highest BCUT2D eigenvalue weighted by molar-refractivity contribution is 14.0. The Morgan fingerprint density at radius 2 is 1.82 bits per heavy atom. The van der Waals surface area contributed by atoms with Crippen molar-refractivity contribution in [2.24, 2.45) is 4.99 Å². The van der Waals surface area contributed by atoms with Gasteiger partial charge in [-0.3, -0.25) is 4.90 Å². The van der Waals surface area contributed by atoms with Crippen LogP contribution in [0.5, 0.6) is 11.5 Å². The number of aliphatic imine (C=N–C) groups is 1. The second kappa shape index (κ2) is 14.3. The molecule has 3 rings (SSSR count). The van der Waals surface area contributed by atoms with E-state index in [1.54, 1.807) is 7.11 Å². The van der Waals surface area contributed by atoms with Crippen molar-refractivity contribution in [3.63, 3.8) is 0 Å². The van der Waals surface area contributed by atoms with Crippen molar-refractivity contribution in [1.29, 1.82) is 0 Å². The number of ether oxygens (including phenoxy) is 2. The van der Waals surface area contributed by atoms with Gasteiger partial charge in [0.15, 0.2) is 17.5 Å². The highest BCUT2D eigenvalue weighted by Crippen LogP contribution is 2.28. The van der Waals surface area contributed by atoms with E-state index >= 15 is 0 Å². The molecular weight excluding hydrogens is 527 g/mol. The van der Waals surface area contributed by atoms with Gasteiger partial charge in [-0.25, -0.2) is 4.99 Å². The Hall–Kier alpha value is -2.00. The molecule has 0 radical (unpaired) electrons. The zero-order valence-corrected chi connectivity index (χ0v) is 22.7. The predicted octanol–water partition coefficient (Wildman–Crippen LogP) is 4.99. The average Bonchev–Trinajstić information content (AvgIpc) is 2.83. The third-order valence-electron chi connectivity index (χ3n) is 5.99. The number of hydrogen-bond acceptors (Lipinski definition) is 4. The molecule has 7 heteroatoms. The Morgan fingerprint density at radius 1 is 1.09 bits per heavy atom. The normalized spacial score (nSPS) is 15.9. The zero-order chi connectivity index (χ0) is 22.8. The van der Waals surface area contributed by atoms with Crippen molar-refractivity contribution in [3.05, 3.63) is 59.7 Å². The molecule has 33 heavy (non-hydrogen) atoms. The molecule has 2 aromatic rings. The van der Waals surface area contributed by atoms with Gasteiger partial charge in [0, 0.05) is 31.7 Å². The van der Waals surface area contributed by atoms with Gasteiger partial charge in [0.05, 0.1) is 20.3 Å². The van der Waals surface area contributed by atoms with E-state index in [9.17, 15) is 0 Å². The summed E-state index contributed by atoms with van der Waals surface area (Å²) in [5.41, 5.74) is 2.48. The highest BCUT2D eigenvalue weighted by Gasteiger charge is 2.24. The number of hydrogen-bond donors (Lipinski definition) is 2. The molecule has 2 N–H and O–H groups in total. The molecule has 1 aliphatic rings. The van der Waals surface area contributed by atoms with E-state index < -0.39 is 0 Å². The van der Waals surface area contributed by atoms with E-state index in [0.717, 1.165) is 55.5 Å². The summed E-state index contributed by atoms with van der Waals surface area (Å²) < 4.78 is 11.1. The molecule has 0 amide bonds. The fraction of sp³-hybridized carbons (Fsp3) is 0.500. The molecule has 0 bridgehead atoms. The number of nitrogens with zero attached hydrogens (tertiary/aromatic N) is 2. The third-order valence-corrected chi connectivity index (χ3v) is 5.99. The third kappa shape index (κ3) is 8.07. The van der Waals surface area contributed by atoms with Crippen LogP contribution in [0.2, 0.25) is 0 Å². The SMILES string of the molecule is CCNC(=NCc1ccc(OC)c(OCC)c1)NC1CCN(C(C)c2ccccc2)CC1.I. The summed E-state index contributed by atoms with van der Waals surface area (Å²) in [5.74, 6) is 2.39. The number of likely N-dealkylation sites (tertiary alicyclic amines) is 1. The molecule has 1 atom stereocenters. The first kappa shape index (κ1) is 27.2. The van der Waals surface area contributed by atoms with Crippen LogP contribution >= 0.6 is 24.0 Å². The van der Waals surface area contributed by atoms with Crippen LogP contribution in [0.1, 0.15) is 50.8 Å². The van der Waals surface area contributed by atoms with Gasteiger partial charge in [0.1, 0.15) is 0 Å². The van der Waals surface area contributed by atoms with E-state index in [-0.39, 0.29) is 24.0 Å². The Balaban J connectivity index is 0.00000385. The number of methoxy groups -OCH3 is 1. The van der Waals surface area contributed by atoms with Gasteiger partial charge < -0.3 is 20.1 Å². The minimum absolute atomic E-state index is 0. The molecule has 0 aromatic heterocycles.